The van der Waals surface area contributed by atoms with E-state index in [4.69, 9.17) is 9.72 Å². The molecule has 3 aromatic rings. The van der Waals surface area contributed by atoms with Gasteiger partial charge in [-0.1, -0.05) is 64.7 Å². The van der Waals surface area contributed by atoms with Gasteiger partial charge in [-0.3, -0.25) is 0 Å². The van der Waals surface area contributed by atoms with Crippen molar-refractivity contribution in [2.24, 2.45) is 0 Å². The zero-order valence-electron chi connectivity index (χ0n) is 17.8. The number of halogens is 1. The van der Waals surface area contributed by atoms with E-state index < -0.39 is 8.07 Å². The van der Waals surface area contributed by atoms with Gasteiger partial charge >= 0.3 is 0 Å². The third kappa shape index (κ3) is 5.24. The van der Waals surface area contributed by atoms with Crippen molar-refractivity contribution in [2.75, 3.05) is 6.61 Å². The van der Waals surface area contributed by atoms with Crippen LogP contribution < -0.4 is 0 Å². The number of hydrogen-bond donors (Lipinski definition) is 0. The number of rotatable bonds is 6. The third-order valence-corrected chi connectivity index (χ3v) is 7.49. The summed E-state index contributed by atoms with van der Waals surface area (Å²) in [7, 11) is -1.06. The van der Waals surface area contributed by atoms with Crippen LogP contribution in [0.4, 0.5) is 0 Å². The number of hydrogen-bond acceptors (Lipinski definition) is 2. The molecule has 0 aliphatic carbocycles. The van der Waals surface area contributed by atoms with Gasteiger partial charge in [-0.2, -0.15) is 0 Å². The highest BCUT2D eigenvalue weighted by Gasteiger charge is 2.19. The van der Waals surface area contributed by atoms with E-state index in [0.717, 1.165) is 16.1 Å². The molecule has 2 aromatic carbocycles. The average molecular weight is 507 g/mol. The molecule has 28 heavy (non-hydrogen) atoms. The smallest absolute Gasteiger partial charge is 0.173 e. The molecule has 0 aliphatic rings. The maximum Gasteiger partial charge on any atom is 0.173 e. The molecule has 0 unspecified atom stereocenters. The van der Waals surface area contributed by atoms with Gasteiger partial charge in [0, 0.05) is 49.0 Å². The van der Waals surface area contributed by atoms with Crippen LogP contribution in [0.3, 0.4) is 0 Å². The number of aromatic nitrogens is 2. The molecule has 0 radical (unpaired) electrons. The summed E-state index contributed by atoms with van der Waals surface area (Å²) in [6, 6.07) is 14.4. The summed E-state index contributed by atoms with van der Waals surface area (Å²) in [6.07, 6.45) is 2.12. The van der Waals surface area contributed by atoms with Crippen LogP contribution in [-0.2, 0) is 16.9 Å². The molecule has 0 fully saturated rings. The topological polar surface area (TPSA) is 27.1 Å². The first-order valence-corrected chi connectivity index (χ1v) is 14.7. The lowest BCUT2D eigenvalue weighted by Gasteiger charge is -2.22. The molecule has 1 aromatic heterocycles. The fourth-order valence-corrected chi connectivity index (χ4v) is 4.54. The van der Waals surface area contributed by atoms with E-state index in [1.807, 2.05) is 0 Å². The van der Waals surface area contributed by atoms with E-state index in [2.05, 4.69) is 110 Å². The Balaban J connectivity index is 1.89. The van der Waals surface area contributed by atoms with Crippen LogP contribution in [0.25, 0.3) is 22.0 Å². The van der Waals surface area contributed by atoms with E-state index in [1.165, 1.54) is 27.9 Å². The Morgan fingerprint density at radius 2 is 1.82 bits per heavy atom. The Labute approximate surface area is 183 Å². The van der Waals surface area contributed by atoms with Crippen LogP contribution in [0.15, 0.2) is 42.6 Å². The fraction of sp³-hybridized carbons (Fsp3) is 0.435. The van der Waals surface area contributed by atoms with Crippen LogP contribution in [0.5, 0.6) is 0 Å². The van der Waals surface area contributed by atoms with Crippen LogP contribution in [0.1, 0.15) is 26.3 Å². The first-order valence-electron chi connectivity index (χ1n) is 9.89. The second kappa shape index (κ2) is 8.28. The van der Waals surface area contributed by atoms with Gasteiger partial charge in [-0.05, 0) is 39.9 Å². The Kier molecular flexibility index (Phi) is 6.37. The molecule has 0 saturated heterocycles. The molecule has 0 atom stereocenters. The molecule has 3 nitrogen and oxygen atoms in total. The molecular weight excluding hydrogens is 475 g/mol. The van der Waals surface area contributed by atoms with E-state index in [9.17, 15) is 0 Å². The summed E-state index contributed by atoms with van der Waals surface area (Å²) in [6.45, 7) is 15.3. The predicted octanol–water partition coefficient (Wildman–Crippen LogP) is 6.92. The number of ether oxygens (including phenoxy) is 1. The first-order chi connectivity index (χ1) is 13.0. The molecule has 0 aliphatic heterocycles. The monoisotopic (exact) mass is 506 g/mol. The second-order valence-electron chi connectivity index (χ2n) is 9.71. The van der Waals surface area contributed by atoms with Crippen LogP contribution in [-0.4, -0.2) is 24.2 Å². The molecule has 0 bridgehead atoms. The maximum absolute atomic E-state index is 5.93. The fourth-order valence-electron chi connectivity index (χ4n) is 3.24. The minimum atomic E-state index is -1.06. The van der Waals surface area contributed by atoms with E-state index in [0.29, 0.717) is 6.73 Å². The summed E-state index contributed by atoms with van der Waals surface area (Å²) in [5.41, 5.74) is 3.61. The quantitative estimate of drug-likeness (QED) is 0.206. The molecule has 0 N–H and O–H groups in total. The highest BCUT2D eigenvalue weighted by molar-refractivity contribution is 14.1. The number of benzene rings is 2. The van der Waals surface area contributed by atoms with Gasteiger partial charge in [-0.25, -0.2) is 4.98 Å². The zero-order valence-corrected chi connectivity index (χ0v) is 21.0. The van der Waals surface area contributed by atoms with E-state index in [1.54, 1.807) is 0 Å². The van der Waals surface area contributed by atoms with Crippen molar-refractivity contribution in [1.29, 1.82) is 0 Å². The number of imidazole rings is 1. The van der Waals surface area contributed by atoms with Gasteiger partial charge in [-0.15, -0.1) is 0 Å². The van der Waals surface area contributed by atoms with Gasteiger partial charge in [0.1, 0.15) is 6.73 Å². The van der Waals surface area contributed by atoms with Crippen LogP contribution >= 0.6 is 22.6 Å². The maximum atomic E-state index is 5.93. The third-order valence-electron chi connectivity index (χ3n) is 4.92. The largest absolute Gasteiger partial charge is 0.361 e. The summed E-state index contributed by atoms with van der Waals surface area (Å²) >= 11 is 2.30. The van der Waals surface area contributed by atoms with Crippen molar-refractivity contribution >= 4 is 41.4 Å². The van der Waals surface area contributed by atoms with Crippen LogP contribution in [0, 0.1) is 3.83 Å². The zero-order chi connectivity index (χ0) is 20.5. The van der Waals surface area contributed by atoms with E-state index in [-0.39, 0.29) is 5.41 Å². The molecule has 1 heterocycles. The molecule has 0 spiro atoms. The van der Waals surface area contributed by atoms with Gasteiger partial charge in [0.15, 0.2) is 3.83 Å². The SMILES string of the molecule is CC(C)(C)c1cc(-c2cn(COCC[Si](C)(C)C)c(I)n2)cc2ccccc12. The highest BCUT2D eigenvalue weighted by atomic mass is 127. The lowest BCUT2D eigenvalue weighted by Crippen LogP contribution is -2.22. The standard InChI is InChI=1S/C23H31IN2OSi/c1-23(2,3)20-14-18(13-17-9-7-8-10-19(17)20)21-15-26(22(24)25-21)16-27-11-12-28(4,5)6/h7-10,13-15H,11-12,16H2,1-6H3. The summed E-state index contributed by atoms with van der Waals surface area (Å²) < 4.78 is 8.99. The normalized spacial score (nSPS) is 12.7. The predicted molar refractivity (Wildman–Crippen MR) is 131 cm³/mol. The first kappa shape index (κ1) is 21.5. The molecule has 150 valence electrons. The lowest BCUT2D eigenvalue weighted by molar-refractivity contribution is 0.0854. The lowest BCUT2D eigenvalue weighted by atomic mass is 9.82. The van der Waals surface area contributed by atoms with Crippen molar-refractivity contribution in [3.05, 3.63) is 52.0 Å². The second-order valence-corrected chi connectivity index (χ2v) is 16.3. The Bertz CT molecular complexity index is 967. The number of fused-ring (bicyclic) bond motifs is 1. The van der Waals surface area contributed by atoms with Crippen molar-refractivity contribution in [2.45, 2.75) is 58.6 Å². The Hall–Kier alpha value is -1.18. The van der Waals surface area contributed by atoms with Gasteiger partial charge in [0.2, 0.25) is 0 Å². The minimum Gasteiger partial charge on any atom is -0.361 e. The van der Waals surface area contributed by atoms with Crippen molar-refractivity contribution in [3.63, 3.8) is 0 Å². The van der Waals surface area contributed by atoms with Crippen LogP contribution in [0.2, 0.25) is 25.7 Å². The molecule has 5 heteroatoms. The number of nitrogens with zero attached hydrogens (tertiary/aromatic N) is 2. The summed E-state index contributed by atoms with van der Waals surface area (Å²) in [4.78, 5) is 4.82. The van der Waals surface area contributed by atoms with Crippen molar-refractivity contribution in [1.82, 2.24) is 9.55 Å². The Morgan fingerprint density at radius 3 is 2.50 bits per heavy atom. The van der Waals surface area contributed by atoms with Gasteiger partial charge < -0.3 is 9.30 Å². The molecule has 0 saturated carbocycles. The highest BCUT2D eigenvalue weighted by Crippen LogP contribution is 2.34. The average Bonchev–Trinajstić information content (AvgIpc) is 2.97. The van der Waals surface area contributed by atoms with Gasteiger partial charge in [0.25, 0.3) is 0 Å². The minimum absolute atomic E-state index is 0.0747. The van der Waals surface area contributed by atoms with E-state index >= 15 is 0 Å². The summed E-state index contributed by atoms with van der Waals surface area (Å²) in [5, 5.41) is 2.59. The molecule has 3 rings (SSSR count). The molecular formula is C23H31IN2OSi. The molecule has 0 amide bonds. The Morgan fingerprint density at radius 1 is 1.11 bits per heavy atom. The van der Waals surface area contributed by atoms with Gasteiger partial charge in [0.05, 0.1) is 5.69 Å². The van der Waals surface area contributed by atoms with Crippen molar-refractivity contribution < 1.29 is 4.74 Å². The van der Waals surface area contributed by atoms with Crippen molar-refractivity contribution in [3.8, 4) is 11.3 Å². The summed E-state index contributed by atoms with van der Waals surface area (Å²) in [5.74, 6) is 0.